The molecule has 4 N–H and O–H groups in total. The molecule has 1 aromatic carbocycles. The minimum atomic E-state index is -1.24. The van der Waals surface area contributed by atoms with E-state index in [4.69, 9.17) is 5.11 Å². The van der Waals surface area contributed by atoms with Gasteiger partial charge in [-0.15, -0.1) is 11.3 Å². The number of urea groups is 1. The van der Waals surface area contributed by atoms with E-state index in [0.29, 0.717) is 5.13 Å². The lowest BCUT2D eigenvalue weighted by molar-refractivity contribution is 0.0694. The number of anilines is 2. The van der Waals surface area contributed by atoms with Gasteiger partial charge in [-0.3, -0.25) is 5.32 Å². The second kappa shape index (κ2) is 5.57. The normalized spacial score (nSPS) is 10.1. The van der Waals surface area contributed by atoms with Crippen LogP contribution in [0.25, 0.3) is 0 Å². The van der Waals surface area contributed by atoms with Crippen LogP contribution in [0.3, 0.4) is 0 Å². The van der Waals surface area contributed by atoms with E-state index in [2.05, 4.69) is 15.6 Å². The van der Waals surface area contributed by atoms with Crippen LogP contribution < -0.4 is 10.6 Å². The Morgan fingerprint density at radius 1 is 1.30 bits per heavy atom. The molecule has 0 radical (unpaired) electrons. The zero-order valence-corrected chi connectivity index (χ0v) is 11.2. The second-order valence-corrected chi connectivity index (χ2v) is 4.77. The van der Waals surface area contributed by atoms with E-state index in [1.807, 2.05) is 6.92 Å². The van der Waals surface area contributed by atoms with E-state index >= 15 is 0 Å². The number of aromatic hydroxyl groups is 1. The lowest BCUT2D eigenvalue weighted by Gasteiger charge is -2.07. The summed E-state index contributed by atoms with van der Waals surface area (Å²) in [5.41, 5.74) is 0.846. The third kappa shape index (κ3) is 3.23. The number of phenols is 1. The molecule has 2 amide bonds. The van der Waals surface area contributed by atoms with Gasteiger partial charge in [0.2, 0.25) is 0 Å². The van der Waals surface area contributed by atoms with Crippen LogP contribution in [0.1, 0.15) is 16.1 Å². The highest BCUT2D eigenvalue weighted by atomic mass is 32.1. The molecule has 0 atom stereocenters. The van der Waals surface area contributed by atoms with Gasteiger partial charge in [-0.25, -0.2) is 14.6 Å². The Morgan fingerprint density at radius 2 is 2.05 bits per heavy atom. The molecule has 0 unspecified atom stereocenters. The Balaban J connectivity index is 2.04. The van der Waals surface area contributed by atoms with Gasteiger partial charge in [-0.2, -0.15) is 0 Å². The summed E-state index contributed by atoms with van der Waals surface area (Å²) in [7, 11) is 0. The number of nitrogens with one attached hydrogen (secondary N) is 2. The molecule has 2 aromatic rings. The maximum atomic E-state index is 11.7. The number of carboxylic acids is 1. The summed E-state index contributed by atoms with van der Waals surface area (Å²) in [6.07, 6.45) is 0. The third-order valence-corrected chi connectivity index (χ3v) is 3.20. The molecule has 1 heterocycles. The average Bonchev–Trinajstić information content (AvgIpc) is 2.74. The molecule has 104 valence electrons. The number of benzene rings is 1. The van der Waals surface area contributed by atoms with Crippen LogP contribution in [-0.2, 0) is 0 Å². The largest absolute Gasteiger partial charge is 0.507 e. The number of aromatic carboxylic acids is 1. The molecule has 0 aliphatic rings. The fraction of sp³-hybridized carbons (Fsp3) is 0.0833. The number of nitrogens with zero attached hydrogens (tertiary/aromatic N) is 1. The van der Waals surface area contributed by atoms with E-state index in [0.717, 1.165) is 11.8 Å². The van der Waals surface area contributed by atoms with Crippen molar-refractivity contribution in [1.29, 1.82) is 0 Å². The van der Waals surface area contributed by atoms with Crippen LogP contribution in [-0.4, -0.2) is 27.2 Å². The number of rotatable bonds is 3. The van der Waals surface area contributed by atoms with Gasteiger partial charge in [0.1, 0.15) is 11.3 Å². The van der Waals surface area contributed by atoms with Crippen LogP contribution in [0.4, 0.5) is 15.6 Å². The van der Waals surface area contributed by atoms with Crippen LogP contribution in [0.15, 0.2) is 23.6 Å². The number of aromatic nitrogens is 1. The summed E-state index contributed by atoms with van der Waals surface area (Å²) >= 11 is 1.29. The van der Waals surface area contributed by atoms with Crippen molar-refractivity contribution in [2.45, 2.75) is 6.92 Å². The van der Waals surface area contributed by atoms with E-state index in [1.165, 1.54) is 23.5 Å². The van der Waals surface area contributed by atoms with Crippen LogP contribution >= 0.6 is 11.3 Å². The Labute approximate surface area is 117 Å². The maximum absolute atomic E-state index is 11.7. The first-order chi connectivity index (χ1) is 9.45. The zero-order chi connectivity index (χ0) is 14.7. The van der Waals surface area contributed by atoms with Gasteiger partial charge >= 0.3 is 12.0 Å². The van der Waals surface area contributed by atoms with E-state index in [9.17, 15) is 14.7 Å². The summed E-state index contributed by atoms with van der Waals surface area (Å²) in [4.78, 5) is 26.5. The lowest BCUT2D eigenvalue weighted by Crippen LogP contribution is -2.19. The highest BCUT2D eigenvalue weighted by Crippen LogP contribution is 2.22. The maximum Gasteiger partial charge on any atom is 0.339 e. The molecule has 2 rings (SSSR count). The van der Waals surface area contributed by atoms with Crippen molar-refractivity contribution < 1.29 is 19.8 Å². The molecule has 0 saturated carbocycles. The Hall–Kier alpha value is -2.61. The van der Waals surface area contributed by atoms with Crippen molar-refractivity contribution in [1.82, 2.24) is 4.98 Å². The van der Waals surface area contributed by atoms with Crippen LogP contribution in [0.5, 0.6) is 5.75 Å². The van der Waals surface area contributed by atoms with Crippen molar-refractivity contribution in [2.24, 2.45) is 0 Å². The zero-order valence-electron chi connectivity index (χ0n) is 10.4. The fourth-order valence-corrected chi connectivity index (χ4v) is 2.14. The standard InChI is InChI=1S/C12H11N3O4S/c1-6-5-20-12(13-6)15-11(19)14-7-2-3-8(10(17)18)9(16)4-7/h2-5,16H,1H3,(H,17,18)(H2,13,14,15,19). The van der Waals surface area contributed by atoms with E-state index < -0.39 is 17.7 Å². The van der Waals surface area contributed by atoms with Gasteiger partial charge in [0.15, 0.2) is 5.13 Å². The van der Waals surface area contributed by atoms with Crippen LogP contribution in [0, 0.1) is 6.92 Å². The molecule has 0 aliphatic heterocycles. The van der Waals surface area contributed by atoms with Crippen molar-refractivity contribution >= 4 is 34.2 Å². The summed E-state index contributed by atoms with van der Waals surface area (Å²) in [6, 6.07) is 3.23. The summed E-state index contributed by atoms with van der Waals surface area (Å²) in [6.45, 7) is 1.81. The van der Waals surface area contributed by atoms with E-state index in [1.54, 1.807) is 5.38 Å². The number of thiazole rings is 1. The highest BCUT2D eigenvalue weighted by molar-refractivity contribution is 7.13. The topological polar surface area (TPSA) is 112 Å². The predicted octanol–water partition coefficient (Wildman–Crippen LogP) is 2.50. The lowest BCUT2D eigenvalue weighted by atomic mass is 10.2. The number of carbonyl (C=O) groups is 2. The predicted molar refractivity (Wildman–Crippen MR) is 74.6 cm³/mol. The molecule has 7 nitrogen and oxygen atoms in total. The van der Waals surface area contributed by atoms with Gasteiger partial charge in [0.25, 0.3) is 0 Å². The number of carbonyl (C=O) groups excluding carboxylic acids is 1. The number of hydrogen-bond donors (Lipinski definition) is 4. The Kier molecular flexibility index (Phi) is 3.85. The van der Waals surface area contributed by atoms with Crippen molar-refractivity contribution in [2.75, 3.05) is 10.6 Å². The first-order valence-electron chi connectivity index (χ1n) is 5.52. The van der Waals surface area contributed by atoms with Crippen molar-refractivity contribution in [3.05, 3.63) is 34.8 Å². The monoisotopic (exact) mass is 293 g/mol. The Morgan fingerprint density at radius 3 is 2.60 bits per heavy atom. The smallest absolute Gasteiger partial charge is 0.339 e. The van der Waals surface area contributed by atoms with Gasteiger partial charge in [-0.1, -0.05) is 0 Å². The molecular formula is C12H11N3O4S. The number of carboxylic acid groups (broad SMARTS) is 1. The third-order valence-electron chi connectivity index (χ3n) is 2.33. The minimum Gasteiger partial charge on any atom is -0.507 e. The molecule has 0 fully saturated rings. The number of amides is 2. The molecule has 0 aliphatic carbocycles. The van der Waals surface area contributed by atoms with Crippen molar-refractivity contribution in [3.8, 4) is 5.75 Å². The molecule has 1 aromatic heterocycles. The number of hydrogen-bond acceptors (Lipinski definition) is 5. The highest BCUT2D eigenvalue weighted by Gasteiger charge is 2.11. The minimum absolute atomic E-state index is 0.230. The molecule has 0 bridgehead atoms. The van der Waals surface area contributed by atoms with E-state index in [-0.39, 0.29) is 11.3 Å². The van der Waals surface area contributed by atoms with Gasteiger partial charge < -0.3 is 15.5 Å². The van der Waals surface area contributed by atoms with Gasteiger partial charge in [0.05, 0.1) is 5.69 Å². The Bertz CT molecular complexity index is 668. The first kappa shape index (κ1) is 13.8. The quantitative estimate of drug-likeness (QED) is 0.694. The molecule has 0 spiro atoms. The molecule has 0 saturated heterocycles. The van der Waals surface area contributed by atoms with Gasteiger partial charge in [0, 0.05) is 17.1 Å². The fourth-order valence-electron chi connectivity index (χ4n) is 1.46. The second-order valence-electron chi connectivity index (χ2n) is 3.91. The summed E-state index contributed by atoms with van der Waals surface area (Å²) < 4.78 is 0. The SMILES string of the molecule is Cc1csc(NC(=O)Nc2ccc(C(=O)O)c(O)c2)n1. The first-order valence-corrected chi connectivity index (χ1v) is 6.40. The summed E-state index contributed by atoms with van der Waals surface area (Å²) in [5.74, 6) is -1.66. The molecule has 20 heavy (non-hydrogen) atoms. The summed E-state index contributed by atoms with van der Waals surface area (Å²) in [5, 5.41) is 25.5. The average molecular weight is 293 g/mol. The van der Waals surface area contributed by atoms with Gasteiger partial charge in [-0.05, 0) is 19.1 Å². The van der Waals surface area contributed by atoms with Crippen molar-refractivity contribution in [3.63, 3.8) is 0 Å². The van der Waals surface area contributed by atoms with Crippen LogP contribution in [0.2, 0.25) is 0 Å². The number of aryl methyl sites for hydroxylation is 1. The molecular weight excluding hydrogens is 282 g/mol. The molecule has 8 heteroatoms.